The highest BCUT2D eigenvalue weighted by Gasteiger charge is 2.34. The molecular formula is C15H19BrClNO2. The van der Waals surface area contributed by atoms with Crippen LogP contribution in [0.4, 0.5) is 4.79 Å². The van der Waals surface area contributed by atoms with Gasteiger partial charge in [-0.15, -0.1) is 0 Å². The van der Waals surface area contributed by atoms with Gasteiger partial charge in [-0.2, -0.15) is 0 Å². The molecule has 1 aliphatic heterocycles. The van der Waals surface area contributed by atoms with E-state index >= 15 is 0 Å². The van der Waals surface area contributed by atoms with E-state index in [4.69, 9.17) is 16.3 Å². The van der Waals surface area contributed by atoms with Gasteiger partial charge >= 0.3 is 6.09 Å². The van der Waals surface area contributed by atoms with Crippen LogP contribution in [0.2, 0.25) is 5.02 Å². The molecule has 0 saturated carbocycles. The Kier molecular flexibility index (Phi) is 4.65. The van der Waals surface area contributed by atoms with Gasteiger partial charge in [-0.05, 0) is 57.4 Å². The van der Waals surface area contributed by atoms with Crippen LogP contribution in [0.15, 0.2) is 22.7 Å². The van der Waals surface area contributed by atoms with Gasteiger partial charge in [0.1, 0.15) is 5.60 Å². The Balaban J connectivity index is 2.23. The van der Waals surface area contributed by atoms with Gasteiger partial charge in [0.25, 0.3) is 0 Å². The highest BCUT2D eigenvalue weighted by molar-refractivity contribution is 9.10. The van der Waals surface area contributed by atoms with E-state index in [1.165, 1.54) is 0 Å². The molecule has 0 aliphatic carbocycles. The van der Waals surface area contributed by atoms with E-state index in [1.54, 1.807) is 4.90 Å². The van der Waals surface area contributed by atoms with Crippen LogP contribution in [-0.2, 0) is 4.74 Å². The van der Waals surface area contributed by atoms with Crippen molar-refractivity contribution >= 4 is 33.6 Å². The summed E-state index contributed by atoms with van der Waals surface area (Å²) < 4.78 is 6.46. The van der Waals surface area contributed by atoms with Crippen LogP contribution >= 0.6 is 27.5 Å². The van der Waals surface area contributed by atoms with Crippen LogP contribution in [0.1, 0.15) is 45.2 Å². The lowest BCUT2D eigenvalue weighted by molar-refractivity contribution is 0.0224. The molecule has 1 saturated heterocycles. The topological polar surface area (TPSA) is 29.5 Å². The minimum Gasteiger partial charge on any atom is -0.444 e. The molecule has 1 amide bonds. The normalized spacial score (nSPS) is 19.2. The number of nitrogens with zero attached hydrogens (tertiary/aromatic N) is 1. The van der Waals surface area contributed by atoms with Crippen molar-refractivity contribution in [1.29, 1.82) is 0 Å². The second-order valence-corrected chi connectivity index (χ2v) is 7.29. The summed E-state index contributed by atoms with van der Waals surface area (Å²) in [7, 11) is 0. The minimum atomic E-state index is -0.476. The van der Waals surface area contributed by atoms with E-state index in [-0.39, 0.29) is 12.1 Å². The molecular weight excluding hydrogens is 342 g/mol. The quantitative estimate of drug-likeness (QED) is 0.691. The highest BCUT2D eigenvalue weighted by atomic mass is 79.9. The Morgan fingerprint density at radius 1 is 1.45 bits per heavy atom. The van der Waals surface area contributed by atoms with Crippen molar-refractivity contribution in [2.75, 3.05) is 6.54 Å². The van der Waals surface area contributed by atoms with E-state index in [2.05, 4.69) is 15.9 Å². The van der Waals surface area contributed by atoms with E-state index in [1.807, 2.05) is 39.0 Å². The molecule has 0 radical (unpaired) electrons. The fourth-order valence-corrected chi connectivity index (χ4v) is 3.09. The molecule has 1 aromatic rings. The SMILES string of the molecule is CC(C)(C)OC(=O)N1CCC[C@@H]1c1cc(Cl)ccc1Br. The average molecular weight is 361 g/mol. The minimum absolute atomic E-state index is 0.0259. The first kappa shape index (κ1) is 15.6. The van der Waals surface area contributed by atoms with Crippen LogP contribution in [0.5, 0.6) is 0 Å². The Hall–Kier alpha value is -0.740. The number of carbonyl (C=O) groups is 1. The lowest BCUT2D eigenvalue weighted by atomic mass is 10.0. The summed E-state index contributed by atoms with van der Waals surface area (Å²) in [6.45, 7) is 6.36. The number of halogens is 2. The Morgan fingerprint density at radius 3 is 2.80 bits per heavy atom. The van der Waals surface area contributed by atoms with Gasteiger partial charge in [0, 0.05) is 16.0 Å². The van der Waals surface area contributed by atoms with Crippen molar-refractivity contribution < 1.29 is 9.53 Å². The van der Waals surface area contributed by atoms with Crippen LogP contribution in [0.3, 0.4) is 0 Å². The fourth-order valence-electron chi connectivity index (χ4n) is 2.40. The first-order valence-corrected chi connectivity index (χ1v) is 7.89. The summed E-state index contributed by atoms with van der Waals surface area (Å²) in [6, 6.07) is 5.70. The van der Waals surface area contributed by atoms with Gasteiger partial charge in [-0.1, -0.05) is 27.5 Å². The van der Waals surface area contributed by atoms with Gasteiger partial charge in [-0.3, -0.25) is 0 Å². The summed E-state index contributed by atoms with van der Waals surface area (Å²) in [6.07, 6.45) is 1.65. The van der Waals surface area contributed by atoms with Crippen LogP contribution in [-0.4, -0.2) is 23.1 Å². The molecule has 0 N–H and O–H groups in total. The first-order chi connectivity index (χ1) is 9.28. The van der Waals surface area contributed by atoms with Crippen LogP contribution in [0, 0.1) is 0 Å². The van der Waals surface area contributed by atoms with Gasteiger partial charge < -0.3 is 9.64 Å². The number of likely N-dealkylation sites (tertiary alicyclic amines) is 1. The molecule has 20 heavy (non-hydrogen) atoms. The van der Waals surface area contributed by atoms with Crippen molar-refractivity contribution in [1.82, 2.24) is 4.90 Å². The van der Waals surface area contributed by atoms with Crippen molar-refractivity contribution in [3.8, 4) is 0 Å². The zero-order valence-corrected chi connectivity index (χ0v) is 14.3. The molecule has 1 aromatic carbocycles. The zero-order valence-electron chi connectivity index (χ0n) is 12.0. The number of hydrogen-bond acceptors (Lipinski definition) is 2. The molecule has 110 valence electrons. The lowest BCUT2D eigenvalue weighted by Gasteiger charge is -2.29. The van der Waals surface area contributed by atoms with Crippen molar-refractivity contribution in [3.63, 3.8) is 0 Å². The average Bonchev–Trinajstić information content (AvgIpc) is 2.79. The predicted molar refractivity (Wildman–Crippen MR) is 84.1 cm³/mol. The lowest BCUT2D eigenvalue weighted by Crippen LogP contribution is -2.36. The standard InChI is InChI=1S/C15H19BrClNO2/c1-15(2,3)20-14(19)18-8-4-5-13(18)11-9-10(17)6-7-12(11)16/h6-7,9,13H,4-5,8H2,1-3H3/t13-/m1/s1. The van der Waals surface area contributed by atoms with Crippen LogP contribution < -0.4 is 0 Å². The summed E-state index contributed by atoms with van der Waals surface area (Å²) in [5.41, 5.74) is 0.566. The molecule has 3 nitrogen and oxygen atoms in total. The summed E-state index contributed by atoms with van der Waals surface area (Å²) in [5.74, 6) is 0. The van der Waals surface area contributed by atoms with Crippen molar-refractivity contribution in [2.45, 2.75) is 45.3 Å². The van der Waals surface area contributed by atoms with Crippen LogP contribution in [0.25, 0.3) is 0 Å². The summed E-state index contributed by atoms with van der Waals surface area (Å²) >= 11 is 9.61. The third-order valence-electron chi connectivity index (χ3n) is 3.20. The van der Waals surface area contributed by atoms with Gasteiger partial charge in [-0.25, -0.2) is 4.79 Å². The third-order valence-corrected chi connectivity index (χ3v) is 4.16. The van der Waals surface area contributed by atoms with Gasteiger partial charge in [0.05, 0.1) is 6.04 Å². The number of carbonyl (C=O) groups excluding carboxylic acids is 1. The fraction of sp³-hybridized carbons (Fsp3) is 0.533. The second-order valence-electron chi connectivity index (χ2n) is 6.00. The maximum Gasteiger partial charge on any atom is 0.410 e. The molecule has 0 aromatic heterocycles. The van der Waals surface area contributed by atoms with E-state index < -0.39 is 5.60 Å². The summed E-state index contributed by atoms with van der Waals surface area (Å²) in [4.78, 5) is 14.1. The number of amides is 1. The number of ether oxygens (including phenoxy) is 1. The first-order valence-electron chi connectivity index (χ1n) is 6.72. The molecule has 1 heterocycles. The van der Waals surface area contributed by atoms with E-state index in [9.17, 15) is 4.79 Å². The molecule has 1 aliphatic rings. The molecule has 2 rings (SSSR count). The van der Waals surface area contributed by atoms with Gasteiger partial charge in [0.15, 0.2) is 0 Å². The summed E-state index contributed by atoms with van der Waals surface area (Å²) in [5, 5.41) is 0.680. The smallest absolute Gasteiger partial charge is 0.410 e. The Morgan fingerprint density at radius 2 is 2.15 bits per heavy atom. The number of hydrogen-bond donors (Lipinski definition) is 0. The second kappa shape index (κ2) is 5.94. The largest absolute Gasteiger partial charge is 0.444 e. The number of rotatable bonds is 1. The Bertz CT molecular complexity index is 513. The third kappa shape index (κ3) is 3.67. The van der Waals surface area contributed by atoms with E-state index in [0.29, 0.717) is 5.02 Å². The van der Waals surface area contributed by atoms with Crippen molar-refractivity contribution in [3.05, 3.63) is 33.3 Å². The maximum atomic E-state index is 12.3. The number of benzene rings is 1. The van der Waals surface area contributed by atoms with E-state index in [0.717, 1.165) is 29.4 Å². The predicted octanol–water partition coefficient (Wildman–Crippen LogP) is 5.17. The molecule has 1 fully saturated rings. The maximum absolute atomic E-state index is 12.3. The zero-order chi connectivity index (χ0) is 14.9. The molecule has 1 atom stereocenters. The van der Waals surface area contributed by atoms with Gasteiger partial charge in [0.2, 0.25) is 0 Å². The molecule has 0 bridgehead atoms. The van der Waals surface area contributed by atoms with Crippen molar-refractivity contribution in [2.24, 2.45) is 0 Å². The highest BCUT2D eigenvalue weighted by Crippen LogP contribution is 2.37. The monoisotopic (exact) mass is 359 g/mol. The molecule has 0 spiro atoms. The Labute approximate surface area is 133 Å². The molecule has 0 unspecified atom stereocenters. The molecule has 5 heteroatoms.